The van der Waals surface area contributed by atoms with Crippen LogP contribution < -0.4 is 10.6 Å². The molecule has 0 unspecified atom stereocenters. The second-order valence-electron chi connectivity index (χ2n) is 5.56. The number of hydrogen-bond donors (Lipinski definition) is 2. The third-order valence-corrected chi connectivity index (χ3v) is 3.16. The number of aliphatic imine (C=N–C) groups is 1. The normalized spacial score (nSPS) is 12.0. The van der Waals surface area contributed by atoms with Crippen LogP contribution in [-0.2, 0) is 13.0 Å². The fraction of sp³-hybridized carbons (Fsp3) is 0.800. The topological polar surface area (TPSA) is 67.1 Å². The summed E-state index contributed by atoms with van der Waals surface area (Å²) in [6, 6.07) is 0. The number of aryl methyl sites for hydroxylation is 1. The summed E-state index contributed by atoms with van der Waals surface area (Å²) in [6.07, 6.45) is 4.90. The van der Waals surface area contributed by atoms with Gasteiger partial charge in [-0.2, -0.15) is 0 Å². The maximum Gasteiger partial charge on any atom is 0.191 e. The highest BCUT2D eigenvalue weighted by atomic mass is 15.3. The Labute approximate surface area is 128 Å². The van der Waals surface area contributed by atoms with Crippen LogP contribution in [0.2, 0.25) is 0 Å². The minimum atomic E-state index is 0.703. The molecular weight excluding hydrogens is 264 g/mol. The number of nitrogens with zero attached hydrogens (tertiary/aromatic N) is 4. The molecule has 0 amide bonds. The second kappa shape index (κ2) is 10.2. The van der Waals surface area contributed by atoms with Crippen molar-refractivity contribution in [2.45, 2.75) is 53.5 Å². The summed E-state index contributed by atoms with van der Waals surface area (Å²) in [4.78, 5) is 4.55. The van der Waals surface area contributed by atoms with Crippen LogP contribution in [0.15, 0.2) is 11.3 Å². The number of aromatic nitrogens is 3. The maximum atomic E-state index is 4.55. The molecule has 6 nitrogen and oxygen atoms in total. The molecule has 0 fully saturated rings. The van der Waals surface area contributed by atoms with Crippen LogP contribution in [0.1, 0.15) is 46.4 Å². The van der Waals surface area contributed by atoms with E-state index in [4.69, 9.17) is 0 Å². The largest absolute Gasteiger partial charge is 0.356 e. The summed E-state index contributed by atoms with van der Waals surface area (Å²) in [5.74, 6) is 2.63. The Morgan fingerprint density at radius 3 is 2.71 bits per heavy atom. The smallest absolute Gasteiger partial charge is 0.191 e. The summed E-state index contributed by atoms with van der Waals surface area (Å²) in [7, 11) is 0. The van der Waals surface area contributed by atoms with Gasteiger partial charge in [0, 0.05) is 32.6 Å². The fourth-order valence-corrected chi connectivity index (χ4v) is 1.91. The third kappa shape index (κ3) is 7.11. The van der Waals surface area contributed by atoms with Crippen LogP contribution in [0.25, 0.3) is 0 Å². The SMILES string of the molecule is CCCN=C(NCCC(C)C)NCCn1cnnc1CC. The van der Waals surface area contributed by atoms with Crippen LogP contribution in [0.5, 0.6) is 0 Å². The maximum absolute atomic E-state index is 4.55. The monoisotopic (exact) mass is 294 g/mol. The quantitative estimate of drug-likeness (QED) is 0.538. The van der Waals surface area contributed by atoms with E-state index in [2.05, 4.69) is 58.1 Å². The lowest BCUT2D eigenvalue weighted by molar-refractivity contribution is 0.569. The first-order valence-corrected chi connectivity index (χ1v) is 8.06. The lowest BCUT2D eigenvalue weighted by Gasteiger charge is -2.14. The lowest BCUT2D eigenvalue weighted by atomic mass is 10.1. The van der Waals surface area contributed by atoms with Gasteiger partial charge >= 0.3 is 0 Å². The Balaban J connectivity index is 2.38. The van der Waals surface area contributed by atoms with E-state index in [9.17, 15) is 0 Å². The molecule has 0 aliphatic carbocycles. The van der Waals surface area contributed by atoms with Gasteiger partial charge in [-0.3, -0.25) is 4.99 Å². The average molecular weight is 294 g/mol. The van der Waals surface area contributed by atoms with E-state index < -0.39 is 0 Å². The van der Waals surface area contributed by atoms with Crippen LogP contribution in [0.3, 0.4) is 0 Å². The van der Waals surface area contributed by atoms with Crippen LogP contribution >= 0.6 is 0 Å². The number of nitrogens with one attached hydrogen (secondary N) is 2. The molecule has 1 aromatic rings. The van der Waals surface area contributed by atoms with E-state index in [1.807, 2.05) is 0 Å². The molecule has 0 spiro atoms. The molecule has 21 heavy (non-hydrogen) atoms. The minimum Gasteiger partial charge on any atom is -0.356 e. The van der Waals surface area contributed by atoms with Gasteiger partial charge in [-0.05, 0) is 18.8 Å². The zero-order valence-electron chi connectivity index (χ0n) is 13.9. The Bertz CT molecular complexity index is 410. The molecule has 0 aliphatic heterocycles. The molecule has 0 aliphatic rings. The summed E-state index contributed by atoms with van der Waals surface area (Å²) in [5.41, 5.74) is 0. The standard InChI is InChI=1S/C15H30N6/c1-5-8-16-15(17-9-7-13(3)4)18-10-11-21-12-19-20-14(21)6-2/h12-13H,5-11H2,1-4H3,(H2,16,17,18). The van der Waals surface area contributed by atoms with Gasteiger partial charge in [0.2, 0.25) is 0 Å². The molecule has 0 bridgehead atoms. The Hall–Kier alpha value is -1.59. The van der Waals surface area contributed by atoms with Crippen molar-refractivity contribution in [3.8, 4) is 0 Å². The first-order valence-electron chi connectivity index (χ1n) is 8.06. The van der Waals surface area contributed by atoms with Crippen molar-refractivity contribution in [1.29, 1.82) is 0 Å². The Kier molecular flexibility index (Phi) is 8.47. The molecule has 0 saturated heterocycles. The van der Waals surface area contributed by atoms with Crippen molar-refractivity contribution in [2.24, 2.45) is 10.9 Å². The predicted octanol–water partition coefficient (Wildman–Crippen LogP) is 1.83. The highest BCUT2D eigenvalue weighted by Crippen LogP contribution is 1.97. The average Bonchev–Trinajstić information content (AvgIpc) is 2.91. The molecule has 1 rings (SSSR count). The first-order chi connectivity index (χ1) is 10.2. The predicted molar refractivity (Wildman–Crippen MR) is 87.5 cm³/mol. The number of rotatable bonds is 9. The van der Waals surface area contributed by atoms with Crippen molar-refractivity contribution in [3.63, 3.8) is 0 Å². The van der Waals surface area contributed by atoms with Crippen LogP contribution in [-0.4, -0.2) is 40.4 Å². The molecule has 0 radical (unpaired) electrons. The van der Waals surface area contributed by atoms with E-state index in [0.717, 1.165) is 57.2 Å². The molecular formula is C15H30N6. The molecule has 6 heteroatoms. The van der Waals surface area contributed by atoms with Crippen molar-refractivity contribution in [3.05, 3.63) is 12.2 Å². The molecule has 1 heterocycles. The summed E-state index contributed by atoms with van der Waals surface area (Å²) in [6.45, 7) is 12.2. The van der Waals surface area contributed by atoms with Gasteiger partial charge in [0.25, 0.3) is 0 Å². The molecule has 0 atom stereocenters. The minimum absolute atomic E-state index is 0.703. The van der Waals surface area contributed by atoms with Gasteiger partial charge in [-0.15, -0.1) is 10.2 Å². The molecule has 2 N–H and O–H groups in total. The van der Waals surface area contributed by atoms with Gasteiger partial charge in [0.15, 0.2) is 5.96 Å². The summed E-state index contributed by atoms with van der Waals surface area (Å²) < 4.78 is 2.08. The molecule has 120 valence electrons. The zero-order valence-corrected chi connectivity index (χ0v) is 13.9. The van der Waals surface area contributed by atoms with E-state index >= 15 is 0 Å². The van der Waals surface area contributed by atoms with Gasteiger partial charge in [-0.25, -0.2) is 0 Å². The summed E-state index contributed by atoms with van der Waals surface area (Å²) in [5, 5.41) is 14.8. The van der Waals surface area contributed by atoms with Crippen molar-refractivity contribution >= 4 is 5.96 Å². The second-order valence-corrected chi connectivity index (χ2v) is 5.56. The fourth-order valence-electron chi connectivity index (χ4n) is 1.91. The lowest BCUT2D eigenvalue weighted by Crippen LogP contribution is -2.39. The highest BCUT2D eigenvalue weighted by molar-refractivity contribution is 5.79. The van der Waals surface area contributed by atoms with Crippen LogP contribution in [0.4, 0.5) is 0 Å². The first kappa shape index (κ1) is 17.5. The van der Waals surface area contributed by atoms with E-state index in [0.29, 0.717) is 5.92 Å². The van der Waals surface area contributed by atoms with Crippen molar-refractivity contribution in [1.82, 2.24) is 25.4 Å². The van der Waals surface area contributed by atoms with Crippen molar-refractivity contribution < 1.29 is 0 Å². The molecule has 1 aromatic heterocycles. The van der Waals surface area contributed by atoms with Gasteiger partial charge in [-0.1, -0.05) is 27.7 Å². The van der Waals surface area contributed by atoms with Gasteiger partial charge in [0.1, 0.15) is 12.2 Å². The molecule has 0 aromatic carbocycles. The van der Waals surface area contributed by atoms with E-state index in [1.54, 1.807) is 6.33 Å². The van der Waals surface area contributed by atoms with Crippen molar-refractivity contribution in [2.75, 3.05) is 19.6 Å². The van der Waals surface area contributed by atoms with E-state index in [1.165, 1.54) is 0 Å². The van der Waals surface area contributed by atoms with Gasteiger partial charge < -0.3 is 15.2 Å². The van der Waals surface area contributed by atoms with Gasteiger partial charge in [0.05, 0.1) is 0 Å². The summed E-state index contributed by atoms with van der Waals surface area (Å²) >= 11 is 0. The number of guanidine groups is 1. The Morgan fingerprint density at radius 1 is 1.29 bits per heavy atom. The molecule has 0 saturated carbocycles. The third-order valence-electron chi connectivity index (χ3n) is 3.16. The zero-order chi connectivity index (χ0) is 15.5. The van der Waals surface area contributed by atoms with Crippen LogP contribution in [0, 0.1) is 5.92 Å². The highest BCUT2D eigenvalue weighted by Gasteiger charge is 2.02. The number of hydrogen-bond acceptors (Lipinski definition) is 3. The Morgan fingerprint density at radius 2 is 2.05 bits per heavy atom. The van der Waals surface area contributed by atoms with E-state index in [-0.39, 0.29) is 0 Å².